The van der Waals surface area contributed by atoms with E-state index in [4.69, 9.17) is 0 Å². The standard InChI is InChI=1S/C26H35N5O3/c1-16(24(33)30-14-18-5-4-10-27-13-18)19-6-8-26(3)9-7-20(17(2)22(26)23(19)32)31-25(34)21-15-28-11-12-29-21/h4-5,10-13,15-17,19-20,22-23,32H,6-9,14H2,1-3H3,(H,30,33)(H,31,34). The minimum atomic E-state index is -0.607. The van der Waals surface area contributed by atoms with Crippen LogP contribution in [0.5, 0.6) is 0 Å². The van der Waals surface area contributed by atoms with Gasteiger partial charge in [-0.15, -0.1) is 0 Å². The quantitative estimate of drug-likeness (QED) is 0.604. The number of nitrogens with one attached hydrogen (secondary N) is 2. The number of pyridine rings is 1. The average molecular weight is 466 g/mol. The molecular formula is C26H35N5O3. The summed E-state index contributed by atoms with van der Waals surface area (Å²) in [5.74, 6) is -0.642. The Morgan fingerprint density at radius 1 is 1.18 bits per heavy atom. The number of aromatic nitrogens is 3. The van der Waals surface area contributed by atoms with Crippen molar-refractivity contribution in [3.63, 3.8) is 0 Å². The molecule has 2 aromatic heterocycles. The third kappa shape index (κ3) is 4.97. The molecule has 0 aliphatic heterocycles. The van der Waals surface area contributed by atoms with Gasteiger partial charge in [0.2, 0.25) is 5.91 Å². The minimum Gasteiger partial charge on any atom is -0.392 e. The van der Waals surface area contributed by atoms with Crippen molar-refractivity contribution in [1.29, 1.82) is 0 Å². The van der Waals surface area contributed by atoms with Gasteiger partial charge in [-0.1, -0.05) is 26.8 Å². The number of carbonyl (C=O) groups excluding carboxylic acids is 2. The zero-order chi connectivity index (χ0) is 24.3. The first-order chi connectivity index (χ1) is 16.3. The van der Waals surface area contributed by atoms with Gasteiger partial charge in [0.25, 0.3) is 5.91 Å². The highest BCUT2D eigenvalue weighted by atomic mass is 16.3. The van der Waals surface area contributed by atoms with E-state index in [1.165, 1.54) is 18.6 Å². The van der Waals surface area contributed by atoms with Crippen LogP contribution in [0.15, 0.2) is 43.1 Å². The largest absolute Gasteiger partial charge is 0.392 e. The maximum absolute atomic E-state index is 12.9. The average Bonchev–Trinajstić information content (AvgIpc) is 2.85. The number of hydrogen-bond donors (Lipinski definition) is 3. The number of aliphatic hydroxyl groups excluding tert-OH is 1. The second kappa shape index (κ2) is 10.2. The van der Waals surface area contributed by atoms with E-state index >= 15 is 0 Å². The number of hydrogen-bond acceptors (Lipinski definition) is 6. The Bertz CT molecular complexity index is 988. The van der Waals surface area contributed by atoms with E-state index in [0.717, 1.165) is 31.2 Å². The molecule has 2 amide bonds. The van der Waals surface area contributed by atoms with E-state index in [0.29, 0.717) is 12.2 Å². The third-order valence-corrected chi connectivity index (χ3v) is 8.25. The van der Waals surface area contributed by atoms with E-state index in [-0.39, 0.29) is 46.9 Å². The lowest BCUT2D eigenvalue weighted by Gasteiger charge is -2.56. The van der Waals surface area contributed by atoms with Crippen molar-refractivity contribution >= 4 is 11.8 Å². The summed E-state index contributed by atoms with van der Waals surface area (Å²) in [6.07, 6.45) is 10.9. The summed E-state index contributed by atoms with van der Waals surface area (Å²) < 4.78 is 0. The smallest absolute Gasteiger partial charge is 0.271 e. The van der Waals surface area contributed by atoms with E-state index < -0.39 is 6.10 Å². The van der Waals surface area contributed by atoms with Gasteiger partial charge in [-0.2, -0.15) is 0 Å². The van der Waals surface area contributed by atoms with Crippen LogP contribution in [0.1, 0.15) is 62.5 Å². The topological polar surface area (TPSA) is 117 Å². The van der Waals surface area contributed by atoms with Crippen LogP contribution in [0.3, 0.4) is 0 Å². The molecule has 8 nitrogen and oxygen atoms in total. The molecule has 8 heteroatoms. The van der Waals surface area contributed by atoms with E-state index in [2.05, 4.69) is 39.4 Å². The molecule has 2 saturated carbocycles. The Hall–Kier alpha value is -2.87. The lowest BCUT2D eigenvalue weighted by atomic mass is 9.51. The second-order valence-electron chi connectivity index (χ2n) is 10.3. The molecule has 0 saturated heterocycles. The normalized spacial score (nSPS) is 31.7. The lowest BCUT2D eigenvalue weighted by Crippen LogP contribution is -2.58. The highest BCUT2D eigenvalue weighted by molar-refractivity contribution is 5.92. The van der Waals surface area contributed by atoms with Crippen molar-refractivity contribution in [2.75, 3.05) is 0 Å². The third-order valence-electron chi connectivity index (χ3n) is 8.25. The fourth-order valence-corrected chi connectivity index (χ4v) is 6.20. The first kappa shape index (κ1) is 24.3. The predicted molar refractivity (Wildman–Crippen MR) is 127 cm³/mol. The number of fused-ring (bicyclic) bond motifs is 1. The van der Waals surface area contributed by atoms with Crippen LogP contribution in [0.4, 0.5) is 0 Å². The van der Waals surface area contributed by atoms with Crippen LogP contribution in [-0.4, -0.2) is 44.0 Å². The van der Waals surface area contributed by atoms with Gasteiger partial charge in [0.15, 0.2) is 0 Å². The van der Waals surface area contributed by atoms with Gasteiger partial charge in [0.1, 0.15) is 5.69 Å². The van der Waals surface area contributed by atoms with Gasteiger partial charge >= 0.3 is 0 Å². The number of amides is 2. The predicted octanol–water partition coefficient (Wildman–Crippen LogP) is 2.75. The molecule has 34 heavy (non-hydrogen) atoms. The maximum Gasteiger partial charge on any atom is 0.271 e. The highest BCUT2D eigenvalue weighted by Crippen LogP contribution is 2.55. The van der Waals surface area contributed by atoms with Gasteiger partial charge in [0.05, 0.1) is 12.3 Å². The van der Waals surface area contributed by atoms with E-state index in [1.807, 2.05) is 19.1 Å². The van der Waals surface area contributed by atoms with Crippen LogP contribution in [0.25, 0.3) is 0 Å². The molecule has 182 valence electrons. The summed E-state index contributed by atoms with van der Waals surface area (Å²) in [5.41, 5.74) is 1.24. The molecule has 3 N–H and O–H groups in total. The van der Waals surface area contributed by atoms with Crippen molar-refractivity contribution in [1.82, 2.24) is 25.6 Å². The van der Waals surface area contributed by atoms with Crippen molar-refractivity contribution in [2.24, 2.45) is 29.1 Å². The SMILES string of the molecule is CC(C(=O)NCc1cccnc1)C1CCC2(C)CCC(NC(=O)c3cnccn3)C(C)C2C1O. The molecule has 7 unspecified atom stereocenters. The highest BCUT2D eigenvalue weighted by Gasteiger charge is 2.53. The zero-order valence-corrected chi connectivity index (χ0v) is 20.1. The maximum atomic E-state index is 12.9. The van der Waals surface area contributed by atoms with Crippen LogP contribution in [-0.2, 0) is 11.3 Å². The fraction of sp³-hybridized carbons (Fsp3) is 0.577. The molecule has 2 heterocycles. The molecule has 2 fully saturated rings. The first-order valence-corrected chi connectivity index (χ1v) is 12.2. The van der Waals surface area contributed by atoms with Crippen LogP contribution in [0.2, 0.25) is 0 Å². The van der Waals surface area contributed by atoms with Crippen LogP contribution in [0, 0.1) is 29.1 Å². The Morgan fingerprint density at radius 3 is 2.65 bits per heavy atom. The molecule has 7 atom stereocenters. The van der Waals surface area contributed by atoms with E-state index in [9.17, 15) is 14.7 Å². The van der Waals surface area contributed by atoms with Gasteiger partial charge in [-0.3, -0.25) is 19.6 Å². The summed E-state index contributed by atoms with van der Waals surface area (Å²) in [6.45, 7) is 6.70. The van der Waals surface area contributed by atoms with Gasteiger partial charge in [0, 0.05) is 43.3 Å². The molecule has 2 aromatic rings. The molecule has 0 radical (unpaired) electrons. The molecule has 0 bridgehead atoms. The van der Waals surface area contributed by atoms with Gasteiger partial charge < -0.3 is 15.7 Å². The van der Waals surface area contributed by atoms with E-state index in [1.54, 1.807) is 12.4 Å². The Kier molecular flexibility index (Phi) is 7.26. The molecule has 0 aromatic carbocycles. The Balaban J connectivity index is 1.42. The summed E-state index contributed by atoms with van der Waals surface area (Å²) in [6, 6.07) is 3.72. The molecule has 2 aliphatic carbocycles. The summed E-state index contributed by atoms with van der Waals surface area (Å²) >= 11 is 0. The zero-order valence-electron chi connectivity index (χ0n) is 20.1. The number of carbonyl (C=O) groups is 2. The molecular weight excluding hydrogens is 430 g/mol. The minimum absolute atomic E-state index is 0.000677. The Morgan fingerprint density at radius 2 is 1.94 bits per heavy atom. The van der Waals surface area contributed by atoms with Gasteiger partial charge in [-0.25, -0.2) is 4.98 Å². The molecule has 2 aliphatic rings. The number of aliphatic hydroxyl groups is 1. The summed E-state index contributed by atoms with van der Waals surface area (Å²) in [4.78, 5) is 37.8. The van der Waals surface area contributed by atoms with Crippen LogP contribution < -0.4 is 10.6 Å². The van der Waals surface area contributed by atoms with Crippen molar-refractivity contribution in [3.05, 3.63) is 54.4 Å². The number of rotatable bonds is 6. The molecule has 4 rings (SSSR count). The molecule has 0 spiro atoms. The Labute approximate surface area is 201 Å². The first-order valence-electron chi connectivity index (χ1n) is 12.2. The summed E-state index contributed by atoms with van der Waals surface area (Å²) in [5, 5.41) is 17.7. The van der Waals surface area contributed by atoms with Crippen LogP contribution >= 0.6 is 0 Å². The van der Waals surface area contributed by atoms with Crippen molar-refractivity contribution in [2.45, 2.75) is 65.1 Å². The fourth-order valence-electron chi connectivity index (χ4n) is 6.20. The van der Waals surface area contributed by atoms with Crippen molar-refractivity contribution < 1.29 is 14.7 Å². The van der Waals surface area contributed by atoms with Gasteiger partial charge in [-0.05, 0) is 60.5 Å². The number of nitrogens with zero attached hydrogens (tertiary/aromatic N) is 3. The van der Waals surface area contributed by atoms with Crippen molar-refractivity contribution in [3.8, 4) is 0 Å². The monoisotopic (exact) mass is 465 g/mol. The summed E-state index contributed by atoms with van der Waals surface area (Å²) in [7, 11) is 0. The lowest BCUT2D eigenvalue weighted by molar-refractivity contribution is -0.142. The second-order valence-corrected chi connectivity index (χ2v) is 10.3.